The van der Waals surface area contributed by atoms with E-state index < -0.39 is 10.0 Å². The first-order chi connectivity index (χ1) is 12.2. The number of nitrogens with one attached hydrogen (secondary N) is 1. The number of halogens is 2. The van der Waals surface area contributed by atoms with Crippen LogP contribution in [0.25, 0.3) is 0 Å². The Morgan fingerprint density at radius 2 is 1.88 bits per heavy atom. The van der Waals surface area contributed by atoms with Gasteiger partial charge in [-0.2, -0.15) is 4.31 Å². The highest BCUT2D eigenvalue weighted by Gasteiger charge is 2.25. The number of amides is 1. The molecule has 0 bridgehead atoms. The summed E-state index contributed by atoms with van der Waals surface area (Å²) in [7, 11) is -3.76. The monoisotopic (exact) mass is 458 g/mol. The third-order valence-electron chi connectivity index (χ3n) is 3.85. The highest BCUT2D eigenvalue weighted by molar-refractivity contribution is 9.10. The van der Waals surface area contributed by atoms with Crippen molar-refractivity contribution >= 4 is 43.5 Å². The Labute approximate surface area is 167 Å². The van der Waals surface area contributed by atoms with Gasteiger partial charge in [-0.25, -0.2) is 8.42 Å². The Balaban J connectivity index is 2.09. The molecule has 2 aromatic carbocycles. The third kappa shape index (κ3) is 5.30. The Bertz CT molecular complexity index is 872. The van der Waals surface area contributed by atoms with E-state index in [9.17, 15) is 13.2 Å². The maximum absolute atomic E-state index is 12.7. The Kier molecular flexibility index (Phi) is 7.23. The average Bonchev–Trinajstić information content (AvgIpc) is 2.59. The van der Waals surface area contributed by atoms with E-state index >= 15 is 0 Å². The molecule has 1 N–H and O–H groups in total. The van der Waals surface area contributed by atoms with E-state index in [1.54, 1.807) is 6.92 Å². The summed E-state index contributed by atoms with van der Waals surface area (Å²) in [4.78, 5) is 12.5. The molecule has 0 aromatic heterocycles. The molecule has 0 saturated carbocycles. The van der Waals surface area contributed by atoms with E-state index in [1.807, 2.05) is 31.2 Å². The molecule has 1 amide bonds. The number of nitrogens with zero attached hydrogens (tertiary/aromatic N) is 1. The minimum Gasteiger partial charge on any atom is -0.348 e. The molecule has 26 heavy (non-hydrogen) atoms. The summed E-state index contributed by atoms with van der Waals surface area (Å²) in [5.74, 6) is -0.364. The summed E-state index contributed by atoms with van der Waals surface area (Å²) < 4.78 is 27.5. The zero-order valence-electron chi connectivity index (χ0n) is 14.4. The fourth-order valence-corrected chi connectivity index (χ4v) is 4.38. The molecule has 0 aliphatic carbocycles. The molecule has 140 valence electrons. The molecule has 1 unspecified atom stereocenters. The number of carbonyl (C=O) groups is 1. The van der Waals surface area contributed by atoms with Crippen LogP contribution in [0.3, 0.4) is 0 Å². The van der Waals surface area contributed by atoms with Gasteiger partial charge in [-0.3, -0.25) is 4.79 Å². The minimum atomic E-state index is -3.76. The van der Waals surface area contributed by atoms with Gasteiger partial charge in [0.1, 0.15) is 0 Å². The zero-order valence-corrected chi connectivity index (χ0v) is 17.6. The van der Waals surface area contributed by atoms with Crippen molar-refractivity contribution in [2.45, 2.75) is 24.8 Å². The number of sulfonamides is 1. The van der Waals surface area contributed by atoms with Gasteiger partial charge in [0.25, 0.3) is 0 Å². The highest BCUT2D eigenvalue weighted by Crippen LogP contribution is 2.20. The van der Waals surface area contributed by atoms with Crippen LogP contribution < -0.4 is 5.32 Å². The Morgan fingerprint density at radius 1 is 1.23 bits per heavy atom. The second-order valence-electron chi connectivity index (χ2n) is 5.73. The van der Waals surface area contributed by atoms with Crippen molar-refractivity contribution in [2.24, 2.45) is 0 Å². The van der Waals surface area contributed by atoms with Gasteiger partial charge in [-0.15, -0.1) is 0 Å². The van der Waals surface area contributed by atoms with Crippen LogP contribution in [0, 0.1) is 0 Å². The first-order valence-electron chi connectivity index (χ1n) is 8.04. The van der Waals surface area contributed by atoms with E-state index in [0.717, 1.165) is 14.3 Å². The summed E-state index contributed by atoms with van der Waals surface area (Å²) in [6.07, 6.45) is 0. The molecule has 8 heteroatoms. The molecule has 1 atom stereocenters. The Morgan fingerprint density at radius 3 is 2.46 bits per heavy atom. The summed E-state index contributed by atoms with van der Waals surface area (Å²) >= 11 is 9.21. The topological polar surface area (TPSA) is 66.5 Å². The second kappa shape index (κ2) is 8.99. The van der Waals surface area contributed by atoms with E-state index in [4.69, 9.17) is 11.6 Å². The maximum atomic E-state index is 12.7. The van der Waals surface area contributed by atoms with Crippen molar-refractivity contribution in [3.63, 3.8) is 0 Å². The molecule has 0 saturated heterocycles. The van der Waals surface area contributed by atoms with E-state index in [-0.39, 0.29) is 29.9 Å². The molecule has 0 aliphatic heterocycles. The van der Waals surface area contributed by atoms with Gasteiger partial charge in [0.2, 0.25) is 15.9 Å². The van der Waals surface area contributed by atoms with Gasteiger partial charge in [-0.1, -0.05) is 46.6 Å². The first kappa shape index (κ1) is 20.9. The SMILES string of the molecule is CCN(CC(=O)NC(C)c1cccc(Br)c1)S(=O)(=O)c1ccc(Cl)cc1. The van der Waals surface area contributed by atoms with Crippen molar-refractivity contribution in [2.75, 3.05) is 13.1 Å². The number of hydrogen-bond donors (Lipinski definition) is 1. The average molecular weight is 460 g/mol. The van der Waals surface area contributed by atoms with E-state index in [2.05, 4.69) is 21.2 Å². The minimum absolute atomic E-state index is 0.108. The second-order valence-corrected chi connectivity index (χ2v) is 9.02. The van der Waals surface area contributed by atoms with Gasteiger partial charge >= 0.3 is 0 Å². The number of hydrogen-bond acceptors (Lipinski definition) is 3. The lowest BCUT2D eigenvalue weighted by Crippen LogP contribution is -2.41. The quantitative estimate of drug-likeness (QED) is 0.681. The van der Waals surface area contributed by atoms with Crippen molar-refractivity contribution in [1.29, 1.82) is 0 Å². The lowest BCUT2D eigenvalue weighted by Gasteiger charge is -2.22. The van der Waals surface area contributed by atoms with Gasteiger partial charge in [-0.05, 0) is 48.9 Å². The number of likely N-dealkylation sites (N-methyl/N-ethyl adjacent to an activating group) is 1. The van der Waals surface area contributed by atoms with Crippen molar-refractivity contribution < 1.29 is 13.2 Å². The first-order valence-corrected chi connectivity index (χ1v) is 10.7. The van der Waals surface area contributed by atoms with Gasteiger partial charge in [0.05, 0.1) is 17.5 Å². The fourth-order valence-electron chi connectivity index (χ4n) is 2.43. The number of benzene rings is 2. The van der Waals surface area contributed by atoms with E-state index in [0.29, 0.717) is 5.02 Å². The summed E-state index contributed by atoms with van der Waals surface area (Å²) in [6.45, 7) is 3.48. The predicted molar refractivity (Wildman–Crippen MR) is 107 cm³/mol. The molecular formula is C18H20BrClN2O3S. The molecule has 0 radical (unpaired) electrons. The number of rotatable bonds is 7. The zero-order chi connectivity index (χ0) is 19.3. The number of carbonyl (C=O) groups excluding carboxylic acids is 1. The van der Waals surface area contributed by atoms with Crippen LogP contribution in [-0.2, 0) is 14.8 Å². The van der Waals surface area contributed by atoms with Gasteiger partial charge < -0.3 is 5.32 Å². The maximum Gasteiger partial charge on any atom is 0.243 e. The van der Waals surface area contributed by atoms with Crippen LogP contribution in [0.1, 0.15) is 25.5 Å². The van der Waals surface area contributed by atoms with Crippen LogP contribution in [0.2, 0.25) is 5.02 Å². The lowest BCUT2D eigenvalue weighted by atomic mass is 10.1. The smallest absolute Gasteiger partial charge is 0.243 e. The van der Waals surface area contributed by atoms with Crippen molar-refractivity contribution in [3.8, 4) is 0 Å². The predicted octanol–water partition coefficient (Wildman–Crippen LogP) is 3.99. The van der Waals surface area contributed by atoms with Crippen molar-refractivity contribution in [3.05, 3.63) is 63.6 Å². The van der Waals surface area contributed by atoms with Gasteiger partial charge in [0, 0.05) is 16.0 Å². The van der Waals surface area contributed by atoms with Crippen LogP contribution in [0.5, 0.6) is 0 Å². The molecule has 0 heterocycles. The van der Waals surface area contributed by atoms with Gasteiger partial charge in [0.15, 0.2) is 0 Å². The van der Waals surface area contributed by atoms with Crippen LogP contribution in [0.4, 0.5) is 0 Å². The molecule has 0 fully saturated rings. The van der Waals surface area contributed by atoms with Crippen molar-refractivity contribution in [1.82, 2.24) is 9.62 Å². The molecule has 0 aliphatic rings. The van der Waals surface area contributed by atoms with Crippen LogP contribution >= 0.6 is 27.5 Å². The standard InChI is InChI=1S/C18H20BrClN2O3S/c1-3-22(26(24,25)17-9-7-16(20)8-10-17)12-18(23)21-13(2)14-5-4-6-15(19)11-14/h4-11,13H,3,12H2,1-2H3,(H,21,23). The third-order valence-corrected chi connectivity index (χ3v) is 6.53. The molecule has 5 nitrogen and oxygen atoms in total. The molecule has 2 rings (SSSR count). The van der Waals surface area contributed by atoms with Crippen LogP contribution in [-0.4, -0.2) is 31.7 Å². The fraction of sp³-hybridized carbons (Fsp3) is 0.278. The summed E-state index contributed by atoms with van der Waals surface area (Å²) in [5, 5.41) is 3.29. The van der Waals surface area contributed by atoms with E-state index in [1.165, 1.54) is 24.3 Å². The molecular weight excluding hydrogens is 440 g/mol. The summed E-state index contributed by atoms with van der Waals surface area (Å²) in [6, 6.07) is 13.2. The summed E-state index contributed by atoms with van der Waals surface area (Å²) in [5.41, 5.74) is 0.927. The van der Waals surface area contributed by atoms with Crippen LogP contribution in [0.15, 0.2) is 57.9 Å². The normalized spacial score (nSPS) is 12.8. The highest BCUT2D eigenvalue weighted by atomic mass is 79.9. The largest absolute Gasteiger partial charge is 0.348 e. The lowest BCUT2D eigenvalue weighted by molar-refractivity contribution is -0.121. The molecule has 0 spiro atoms. The Hall–Kier alpha value is -1.41. The molecule has 2 aromatic rings.